The number of nitrogens with zero attached hydrogens (tertiary/aromatic N) is 1. The van der Waals surface area contributed by atoms with Crippen LogP contribution in [0.15, 0.2) is 18.3 Å². The molecule has 1 aromatic heterocycles. The number of rotatable bonds is 7. The van der Waals surface area contributed by atoms with Crippen molar-refractivity contribution in [3.05, 3.63) is 24.0 Å². The van der Waals surface area contributed by atoms with Crippen molar-refractivity contribution in [2.24, 2.45) is 0 Å². The van der Waals surface area contributed by atoms with Crippen molar-refractivity contribution >= 4 is 0 Å². The number of hydrogen-bond donors (Lipinski definition) is 1. The van der Waals surface area contributed by atoms with E-state index in [0.29, 0.717) is 6.04 Å². The van der Waals surface area contributed by atoms with Crippen LogP contribution in [-0.2, 0) is 6.54 Å². The van der Waals surface area contributed by atoms with E-state index in [9.17, 15) is 0 Å². The molecule has 16 heavy (non-hydrogen) atoms. The molecule has 0 radical (unpaired) electrons. The third-order valence-electron chi connectivity index (χ3n) is 2.26. The van der Waals surface area contributed by atoms with E-state index in [2.05, 4.69) is 31.1 Å². The van der Waals surface area contributed by atoms with Gasteiger partial charge in [-0.25, -0.2) is 0 Å². The fourth-order valence-corrected chi connectivity index (χ4v) is 1.24. The zero-order chi connectivity index (χ0) is 11.8. The molecule has 3 heteroatoms. The van der Waals surface area contributed by atoms with Crippen molar-refractivity contribution in [1.82, 2.24) is 10.3 Å². The number of ether oxygens (including phenoxy) is 1. The van der Waals surface area contributed by atoms with Gasteiger partial charge in [-0.2, -0.15) is 0 Å². The lowest BCUT2D eigenvalue weighted by atomic mass is 10.3. The third-order valence-corrected chi connectivity index (χ3v) is 2.26. The summed E-state index contributed by atoms with van der Waals surface area (Å²) >= 11 is 0. The molecule has 1 rings (SSSR count). The van der Waals surface area contributed by atoms with Crippen LogP contribution in [0.2, 0.25) is 0 Å². The SMILES string of the molecule is CCCCOc1ccc(CNC(C)C)nc1. The molecule has 90 valence electrons. The van der Waals surface area contributed by atoms with Gasteiger partial charge < -0.3 is 10.1 Å². The molecule has 0 unspecified atom stereocenters. The quantitative estimate of drug-likeness (QED) is 0.720. The van der Waals surface area contributed by atoms with Crippen LogP contribution >= 0.6 is 0 Å². The highest BCUT2D eigenvalue weighted by atomic mass is 16.5. The van der Waals surface area contributed by atoms with Gasteiger partial charge in [-0.1, -0.05) is 27.2 Å². The van der Waals surface area contributed by atoms with Gasteiger partial charge in [0, 0.05) is 12.6 Å². The summed E-state index contributed by atoms with van der Waals surface area (Å²) in [6.07, 6.45) is 4.05. The summed E-state index contributed by atoms with van der Waals surface area (Å²) in [4.78, 5) is 4.34. The van der Waals surface area contributed by atoms with Gasteiger partial charge in [0.25, 0.3) is 0 Å². The predicted octanol–water partition coefficient (Wildman–Crippen LogP) is 2.76. The maximum atomic E-state index is 5.54. The number of aromatic nitrogens is 1. The fourth-order valence-electron chi connectivity index (χ4n) is 1.24. The van der Waals surface area contributed by atoms with Crippen molar-refractivity contribution in [1.29, 1.82) is 0 Å². The van der Waals surface area contributed by atoms with Gasteiger partial charge in [-0.3, -0.25) is 4.98 Å². The first-order chi connectivity index (χ1) is 7.72. The molecule has 0 amide bonds. The highest BCUT2D eigenvalue weighted by Gasteiger charge is 1.98. The Morgan fingerprint density at radius 2 is 2.19 bits per heavy atom. The lowest BCUT2D eigenvalue weighted by Crippen LogP contribution is -2.22. The average molecular weight is 222 g/mol. The normalized spacial score (nSPS) is 10.8. The van der Waals surface area contributed by atoms with Crippen LogP contribution < -0.4 is 10.1 Å². The molecule has 0 aliphatic rings. The van der Waals surface area contributed by atoms with E-state index in [4.69, 9.17) is 4.74 Å². The molecule has 0 fully saturated rings. The first kappa shape index (κ1) is 13.0. The van der Waals surface area contributed by atoms with Gasteiger partial charge >= 0.3 is 0 Å². The fraction of sp³-hybridized carbons (Fsp3) is 0.615. The second-order valence-corrected chi connectivity index (χ2v) is 4.22. The second kappa shape index (κ2) is 7.23. The number of nitrogens with one attached hydrogen (secondary N) is 1. The minimum atomic E-state index is 0.488. The Balaban J connectivity index is 2.35. The van der Waals surface area contributed by atoms with Gasteiger partial charge in [0.15, 0.2) is 0 Å². The summed E-state index contributed by atoms with van der Waals surface area (Å²) in [6.45, 7) is 8.00. The van der Waals surface area contributed by atoms with Crippen molar-refractivity contribution in [2.45, 2.75) is 46.2 Å². The molecule has 0 atom stereocenters. The molecule has 1 aromatic rings. The molecule has 0 saturated carbocycles. The highest BCUT2D eigenvalue weighted by Crippen LogP contribution is 2.09. The van der Waals surface area contributed by atoms with Crippen molar-refractivity contribution in [3.63, 3.8) is 0 Å². The standard InChI is InChI=1S/C13H22N2O/c1-4-5-8-16-13-7-6-12(15-10-13)9-14-11(2)3/h6-7,10-11,14H,4-5,8-9H2,1-3H3. The lowest BCUT2D eigenvalue weighted by Gasteiger charge is -2.08. The summed E-state index contributed by atoms with van der Waals surface area (Å²) < 4.78 is 5.54. The van der Waals surface area contributed by atoms with Crippen LogP contribution in [0.1, 0.15) is 39.3 Å². The molecule has 0 aliphatic heterocycles. The van der Waals surface area contributed by atoms with Gasteiger partial charge in [0.1, 0.15) is 5.75 Å². The molecule has 0 saturated heterocycles. The summed E-state index contributed by atoms with van der Waals surface area (Å²) in [6, 6.07) is 4.48. The Bertz CT molecular complexity index is 282. The highest BCUT2D eigenvalue weighted by molar-refractivity contribution is 5.19. The summed E-state index contributed by atoms with van der Waals surface area (Å²) in [5.74, 6) is 0.863. The van der Waals surface area contributed by atoms with Crippen LogP contribution in [0.25, 0.3) is 0 Å². The summed E-state index contributed by atoms with van der Waals surface area (Å²) in [7, 11) is 0. The molecule has 0 aliphatic carbocycles. The van der Waals surface area contributed by atoms with E-state index in [-0.39, 0.29) is 0 Å². The second-order valence-electron chi connectivity index (χ2n) is 4.22. The number of unbranched alkanes of at least 4 members (excludes halogenated alkanes) is 1. The molecule has 0 aromatic carbocycles. The number of pyridine rings is 1. The van der Waals surface area contributed by atoms with E-state index in [0.717, 1.165) is 37.4 Å². The molecule has 0 spiro atoms. The first-order valence-electron chi connectivity index (χ1n) is 6.03. The zero-order valence-electron chi connectivity index (χ0n) is 10.5. The van der Waals surface area contributed by atoms with Crippen molar-refractivity contribution < 1.29 is 4.74 Å². The van der Waals surface area contributed by atoms with Gasteiger partial charge in [-0.15, -0.1) is 0 Å². The third kappa shape index (κ3) is 5.12. The minimum absolute atomic E-state index is 0.488. The Hall–Kier alpha value is -1.09. The topological polar surface area (TPSA) is 34.1 Å². The Kier molecular flexibility index (Phi) is 5.86. The monoisotopic (exact) mass is 222 g/mol. The van der Waals surface area contributed by atoms with E-state index < -0.39 is 0 Å². The van der Waals surface area contributed by atoms with Gasteiger partial charge in [0.2, 0.25) is 0 Å². The Labute approximate surface area is 98.2 Å². The van der Waals surface area contributed by atoms with Crippen LogP contribution in [0.5, 0.6) is 5.75 Å². The number of hydrogen-bond acceptors (Lipinski definition) is 3. The van der Waals surface area contributed by atoms with Crippen molar-refractivity contribution in [2.75, 3.05) is 6.61 Å². The lowest BCUT2D eigenvalue weighted by molar-refractivity contribution is 0.308. The van der Waals surface area contributed by atoms with E-state index in [1.54, 1.807) is 6.20 Å². The van der Waals surface area contributed by atoms with Crippen molar-refractivity contribution in [3.8, 4) is 5.75 Å². The Morgan fingerprint density at radius 1 is 1.38 bits per heavy atom. The maximum Gasteiger partial charge on any atom is 0.137 e. The summed E-state index contributed by atoms with van der Waals surface area (Å²) in [5, 5.41) is 3.33. The molecule has 3 nitrogen and oxygen atoms in total. The molecular weight excluding hydrogens is 200 g/mol. The smallest absolute Gasteiger partial charge is 0.137 e. The van der Waals surface area contributed by atoms with Crippen LogP contribution in [0.4, 0.5) is 0 Å². The van der Waals surface area contributed by atoms with E-state index in [1.165, 1.54) is 0 Å². The van der Waals surface area contributed by atoms with Crippen LogP contribution in [0, 0.1) is 0 Å². The van der Waals surface area contributed by atoms with Gasteiger partial charge in [0.05, 0.1) is 18.5 Å². The molecule has 1 N–H and O–H groups in total. The van der Waals surface area contributed by atoms with E-state index in [1.807, 2.05) is 12.1 Å². The Morgan fingerprint density at radius 3 is 2.75 bits per heavy atom. The van der Waals surface area contributed by atoms with Crippen LogP contribution in [-0.4, -0.2) is 17.6 Å². The molecule has 1 heterocycles. The predicted molar refractivity (Wildman–Crippen MR) is 66.6 cm³/mol. The molecular formula is C13H22N2O. The first-order valence-corrected chi connectivity index (χ1v) is 6.03. The van der Waals surface area contributed by atoms with Gasteiger partial charge in [-0.05, 0) is 18.6 Å². The largest absolute Gasteiger partial charge is 0.492 e. The zero-order valence-corrected chi connectivity index (χ0v) is 10.5. The average Bonchev–Trinajstić information content (AvgIpc) is 2.28. The van der Waals surface area contributed by atoms with E-state index >= 15 is 0 Å². The maximum absolute atomic E-state index is 5.54. The van der Waals surface area contributed by atoms with Crippen LogP contribution in [0.3, 0.4) is 0 Å². The minimum Gasteiger partial charge on any atom is -0.492 e. The molecule has 0 bridgehead atoms. The summed E-state index contributed by atoms with van der Waals surface area (Å²) in [5.41, 5.74) is 1.05.